The molecule has 0 bridgehead atoms. The number of halogens is 1. The maximum Gasteiger partial charge on any atom is 0.321 e. The smallest absolute Gasteiger partial charge is 0.321 e. The fourth-order valence-corrected chi connectivity index (χ4v) is 1.17. The number of carboxylic acid groups (broad SMARTS) is 1. The Balaban J connectivity index is 2.67. The van der Waals surface area contributed by atoms with Gasteiger partial charge in [0.1, 0.15) is 11.9 Å². The van der Waals surface area contributed by atoms with Crippen molar-refractivity contribution in [2.24, 2.45) is 0 Å². The molecule has 0 aliphatic carbocycles. The first-order valence-electron chi connectivity index (χ1n) is 4.28. The average molecular weight is 197 g/mol. The number of hydrogen-bond acceptors (Lipinski definition) is 2. The Morgan fingerprint density at radius 3 is 2.50 bits per heavy atom. The van der Waals surface area contributed by atoms with Crippen LogP contribution in [0.2, 0.25) is 0 Å². The molecule has 0 aliphatic heterocycles. The van der Waals surface area contributed by atoms with Gasteiger partial charge in [-0.25, -0.2) is 4.39 Å². The SMILES string of the molecule is CN[C@@H](Cc1ccc(F)cc1)C(=O)O. The first-order valence-corrected chi connectivity index (χ1v) is 4.28. The van der Waals surface area contributed by atoms with Gasteiger partial charge in [0.05, 0.1) is 0 Å². The lowest BCUT2D eigenvalue weighted by molar-refractivity contribution is -0.139. The molecular formula is C10H12FNO2. The lowest BCUT2D eigenvalue weighted by atomic mass is 10.1. The van der Waals surface area contributed by atoms with Gasteiger partial charge in [0, 0.05) is 0 Å². The molecule has 4 heteroatoms. The van der Waals surface area contributed by atoms with Crippen LogP contribution in [0, 0.1) is 5.82 Å². The third-order valence-corrected chi connectivity index (χ3v) is 2.00. The first-order chi connectivity index (χ1) is 6.63. The Morgan fingerprint density at radius 1 is 1.50 bits per heavy atom. The third kappa shape index (κ3) is 2.81. The van der Waals surface area contributed by atoms with Crippen LogP contribution in [0.4, 0.5) is 4.39 Å². The van der Waals surface area contributed by atoms with Gasteiger partial charge >= 0.3 is 5.97 Å². The summed E-state index contributed by atoms with van der Waals surface area (Å²) >= 11 is 0. The fourth-order valence-electron chi connectivity index (χ4n) is 1.17. The van der Waals surface area contributed by atoms with Crippen LogP contribution in [0.3, 0.4) is 0 Å². The molecule has 76 valence electrons. The van der Waals surface area contributed by atoms with Gasteiger partial charge in [-0.05, 0) is 31.2 Å². The van der Waals surface area contributed by atoms with E-state index in [1.807, 2.05) is 0 Å². The normalized spacial score (nSPS) is 12.4. The van der Waals surface area contributed by atoms with Crippen molar-refractivity contribution in [1.82, 2.24) is 5.32 Å². The van der Waals surface area contributed by atoms with Crippen LogP contribution in [0.25, 0.3) is 0 Å². The van der Waals surface area contributed by atoms with E-state index >= 15 is 0 Å². The molecule has 2 N–H and O–H groups in total. The predicted octanol–water partition coefficient (Wildman–Crippen LogP) is 1.04. The van der Waals surface area contributed by atoms with Crippen LogP contribution in [0.1, 0.15) is 5.56 Å². The van der Waals surface area contributed by atoms with Gasteiger partial charge in [-0.1, -0.05) is 12.1 Å². The Morgan fingerprint density at radius 2 is 2.07 bits per heavy atom. The number of nitrogens with one attached hydrogen (secondary N) is 1. The lowest BCUT2D eigenvalue weighted by Gasteiger charge is -2.10. The number of likely N-dealkylation sites (N-methyl/N-ethyl adjacent to an activating group) is 1. The average Bonchev–Trinajstić information content (AvgIpc) is 2.16. The minimum Gasteiger partial charge on any atom is -0.480 e. The third-order valence-electron chi connectivity index (χ3n) is 2.00. The number of carboxylic acids is 1. The van der Waals surface area contributed by atoms with Gasteiger partial charge < -0.3 is 10.4 Å². The van der Waals surface area contributed by atoms with Crippen molar-refractivity contribution in [2.75, 3.05) is 7.05 Å². The van der Waals surface area contributed by atoms with E-state index in [1.165, 1.54) is 12.1 Å². The van der Waals surface area contributed by atoms with Crippen LogP contribution >= 0.6 is 0 Å². The highest BCUT2D eigenvalue weighted by atomic mass is 19.1. The Kier molecular flexibility index (Phi) is 3.59. The standard InChI is InChI=1S/C10H12FNO2/c1-12-9(10(13)14)6-7-2-4-8(11)5-3-7/h2-5,9,12H,6H2,1H3,(H,13,14)/t9-/m0/s1. The highest BCUT2D eigenvalue weighted by Gasteiger charge is 2.14. The summed E-state index contributed by atoms with van der Waals surface area (Å²) < 4.78 is 12.5. The summed E-state index contributed by atoms with van der Waals surface area (Å²) in [7, 11) is 1.59. The fraction of sp³-hybridized carbons (Fsp3) is 0.300. The van der Waals surface area contributed by atoms with Crippen LogP contribution in [0.5, 0.6) is 0 Å². The second-order valence-electron chi connectivity index (χ2n) is 3.01. The Labute approximate surface area is 81.6 Å². The molecule has 0 radical (unpaired) electrons. The van der Waals surface area contributed by atoms with Gasteiger partial charge in [0.2, 0.25) is 0 Å². The summed E-state index contributed by atoms with van der Waals surface area (Å²) in [5.41, 5.74) is 0.799. The molecule has 14 heavy (non-hydrogen) atoms. The minimum absolute atomic E-state index is 0.315. The maximum atomic E-state index is 12.5. The molecule has 0 amide bonds. The summed E-state index contributed by atoms with van der Waals surface area (Å²) in [5, 5.41) is 11.4. The van der Waals surface area contributed by atoms with Crippen molar-refractivity contribution in [2.45, 2.75) is 12.5 Å². The van der Waals surface area contributed by atoms with Crippen LogP contribution in [-0.2, 0) is 11.2 Å². The highest BCUT2D eigenvalue weighted by Crippen LogP contribution is 2.05. The Bertz CT molecular complexity index is 310. The minimum atomic E-state index is -0.906. The predicted molar refractivity (Wildman–Crippen MR) is 50.6 cm³/mol. The van der Waals surface area contributed by atoms with Crippen molar-refractivity contribution in [1.29, 1.82) is 0 Å². The van der Waals surface area contributed by atoms with Crippen molar-refractivity contribution in [3.8, 4) is 0 Å². The van der Waals surface area contributed by atoms with Gasteiger partial charge in [0.15, 0.2) is 0 Å². The summed E-state index contributed by atoms with van der Waals surface area (Å²) in [6.45, 7) is 0. The number of hydrogen-bond donors (Lipinski definition) is 2. The van der Waals surface area contributed by atoms with Crippen LogP contribution < -0.4 is 5.32 Å². The molecule has 1 aromatic rings. The van der Waals surface area contributed by atoms with E-state index in [0.29, 0.717) is 6.42 Å². The summed E-state index contributed by atoms with van der Waals surface area (Å²) in [5.74, 6) is -1.22. The zero-order valence-corrected chi connectivity index (χ0v) is 7.83. The van der Waals surface area contributed by atoms with E-state index in [9.17, 15) is 9.18 Å². The molecular weight excluding hydrogens is 185 g/mol. The quantitative estimate of drug-likeness (QED) is 0.758. The first kappa shape index (κ1) is 10.7. The number of aliphatic carboxylic acids is 1. The van der Waals surface area contributed by atoms with E-state index in [4.69, 9.17) is 5.11 Å². The molecule has 0 aliphatic rings. The van der Waals surface area contributed by atoms with Crippen LogP contribution in [-0.4, -0.2) is 24.2 Å². The van der Waals surface area contributed by atoms with Crippen LogP contribution in [0.15, 0.2) is 24.3 Å². The Hall–Kier alpha value is -1.42. The van der Waals surface area contributed by atoms with E-state index in [2.05, 4.69) is 5.32 Å². The molecule has 0 spiro atoms. The van der Waals surface area contributed by atoms with E-state index in [1.54, 1.807) is 19.2 Å². The number of carbonyl (C=O) groups is 1. The van der Waals surface area contributed by atoms with E-state index < -0.39 is 12.0 Å². The zero-order chi connectivity index (χ0) is 10.6. The molecule has 1 atom stereocenters. The zero-order valence-electron chi connectivity index (χ0n) is 7.83. The van der Waals surface area contributed by atoms with Crippen molar-refractivity contribution >= 4 is 5.97 Å². The van der Waals surface area contributed by atoms with Crippen molar-refractivity contribution in [3.05, 3.63) is 35.6 Å². The lowest BCUT2D eigenvalue weighted by Crippen LogP contribution is -2.35. The molecule has 0 heterocycles. The van der Waals surface area contributed by atoms with Gasteiger partial charge in [-0.15, -0.1) is 0 Å². The van der Waals surface area contributed by atoms with Crippen molar-refractivity contribution < 1.29 is 14.3 Å². The van der Waals surface area contributed by atoms with Gasteiger partial charge in [0.25, 0.3) is 0 Å². The molecule has 0 saturated carbocycles. The highest BCUT2D eigenvalue weighted by molar-refractivity contribution is 5.73. The molecule has 1 rings (SSSR count). The maximum absolute atomic E-state index is 12.5. The summed E-state index contributed by atoms with van der Waals surface area (Å²) in [4.78, 5) is 10.7. The summed E-state index contributed by atoms with van der Waals surface area (Å²) in [6, 6.07) is 5.19. The molecule has 0 unspecified atom stereocenters. The molecule has 0 saturated heterocycles. The number of benzene rings is 1. The van der Waals surface area contributed by atoms with E-state index in [0.717, 1.165) is 5.56 Å². The topological polar surface area (TPSA) is 49.3 Å². The number of rotatable bonds is 4. The second kappa shape index (κ2) is 4.72. The second-order valence-corrected chi connectivity index (χ2v) is 3.01. The molecule has 1 aromatic carbocycles. The van der Waals surface area contributed by atoms with Gasteiger partial charge in [-0.2, -0.15) is 0 Å². The molecule has 0 fully saturated rings. The van der Waals surface area contributed by atoms with Crippen molar-refractivity contribution in [3.63, 3.8) is 0 Å². The monoisotopic (exact) mass is 197 g/mol. The van der Waals surface area contributed by atoms with Gasteiger partial charge in [-0.3, -0.25) is 4.79 Å². The summed E-state index contributed by atoms with van der Waals surface area (Å²) in [6.07, 6.45) is 0.353. The largest absolute Gasteiger partial charge is 0.480 e. The molecule has 0 aromatic heterocycles. The van der Waals surface area contributed by atoms with E-state index in [-0.39, 0.29) is 5.82 Å². The molecule has 3 nitrogen and oxygen atoms in total.